The van der Waals surface area contributed by atoms with E-state index >= 15 is 0 Å². The minimum Gasteiger partial charge on any atom is -0.494 e. The van der Waals surface area contributed by atoms with Gasteiger partial charge in [-0.25, -0.2) is 9.97 Å². The third-order valence-corrected chi connectivity index (χ3v) is 5.56. The van der Waals surface area contributed by atoms with Crippen LogP contribution in [0.2, 0.25) is 5.02 Å². The Balaban J connectivity index is 1.59. The molecule has 2 aromatic rings. The van der Waals surface area contributed by atoms with E-state index in [9.17, 15) is 4.79 Å². The molecule has 1 amide bonds. The van der Waals surface area contributed by atoms with Gasteiger partial charge in [0.15, 0.2) is 5.69 Å². The van der Waals surface area contributed by atoms with Gasteiger partial charge in [0.1, 0.15) is 5.75 Å². The van der Waals surface area contributed by atoms with Crippen molar-refractivity contribution in [3.63, 3.8) is 0 Å². The Morgan fingerprint density at radius 2 is 1.77 bits per heavy atom. The average molecular weight is 432 g/mol. The van der Waals surface area contributed by atoms with E-state index in [1.807, 2.05) is 42.7 Å². The van der Waals surface area contributed by atoms with E-state index in [0.29, 0.717) is 30.7 Å². The van der Waals surface area contributed by atoms with E-state index in [1.165, 1.54) is 11.8 Å². The number of rotatable bonds is 8. The first kappa shape index (κ1) is 22.3. The molecule has 0 N–H and O–H groups in total. The molecule has 0 spiro atoms. The fraction of sp³-hybridized carbons (Fsp3) is 0.500. The lowest BCUT2D eigenvalue weighted by molar-refractivity contribution is 0.0622. The molecule has 1 saturated heterocycles. The Bertz CT molecular complexity index is 834. The van der Waals surface area contributed by atoms with Gasteiger partial charge in [-0.2, -0.15) is 0 Å². The summed E-state index contributed by atoms with van der Waals surface area (Å²) in [6.45, 7) is 12.0. The molecule has 162 valence electrons. The lowest BCUT2D eigenvalue weighted by Crippen LogP contribution is -2.48. The molecule has 1 aliphatic heterocycles. The van der Waals surface area contributed by atoms with Crippen molar-refractivity contribution in [3.8, 4) is 5.75 Å². The van der Waals surface area contributed by atoms with Crippen molar-refractivity contribution in [1.29, 1.82) is 0 Å². The summed E-state index contributed by atoms with van der Waals surface area (Å²) in [6, 6.07) is 8.20. The maximum Gasteiger partial charge on any atom is 0.274 e. The number of aromatic nitrogens is 2. The van der Waals surface area contributed by atoms with Gasteiger partial charge in [-0.05, 0) is 38.5 Å². The van der Waals surface area contributed by atoms with Crippen LogP contribution in [0.5, 0.6) is 5.75 Å². The summed E-state index contributed by atoms with van der Waals surface area (Å²) in [4.78, 5) is 28.0. The number of halogens is 1. The van der Waals surface area contributed by atoms with Gasteiger partial charge in [-0.1, -0.05) is 23.7 Å². The smallest absolute Gasteiger partial charge is 0.274 e. The fourth-order valence-electron chi connectivity index (χ4n) is 3.54. The van der Waals surface area contributed by atoms with Gasteiger partial charge in [-0.15, -0.1) is 0 Å². The van der Waals surface area contributed by atoms with Gasteiger partial charge in [0.2, 0.25) is 5.95 Å². The highest BCUT2D eigenvalue weighted by molar-refractivity contribution is 6.33. The zero-order valence-electron chi connectivity index (χ0n) is 18.0. The van der Waals surface area contributed by atoms with Crippen LogP contribution in [0, 0.1) is 0 Å². The molecule has 7 nitrogen and oxygen atoms in total. The lowest BCUT2D eigenvalue weighted by Gasteiger charge is -2.34. The monoisotopic (exact) mass is 431 g/mol. The van der Waals surface area contributed by atoms with Gasteiger partial charge in [0, 0.05) is 45.8 Å². The van der Waals surface area contributed by atoms with Crippen LogP contribution < -0.4 is 9.64 Å². The molecule has 2 heterocycles. The molecule has 30 heavy (non-hydrogen) atoms. The number of amides is 1. The molecule has 0 atom stereocenters. The van der Waals surface area contributed by atoms with Crippen molar-refractivity contribution >= 4 is 23.5 Å². The number of ether oxygens (including phenoxy) is 1. The van der Waals surface area contributed by atoms with Crippen molar-refractivity contribution in [2.45, 2.75) is 27.3 Å². The number of benzene rings is 1. The minimum absolute atomic E-state index is 0.128. The summed E-state index contributed by atoms with van der Waals surface area (Å²) in [5, 5.41) is 0.299. The Morgan fingerprint density at radius 1 is 1.10 bits per heavy atom. The molecule has 1 aliphatic rings. The zero-order chi connectivity index (χ0) is 21.5. The van der Waals surface area contributed by atoms with Gasteiger partial charge in [-0.3, -0.25) is 9.69 Å². The van der Waals surface area contributed by atoms with Crippen LogP contribution in [0.4, 0.5) is 5.95 Å². The summed E-state index contributed by atoms with van der Waals surface area (Å²) >= 11 is 6.26. The van der Waals surface area contributed by atoms with E-state index in [1.54, 1.807) is 0 Å². The van der Waals surface area contributed by atoms with E-state index in [2.05, 4.69) is 27.0 Å². The van der Waals surface area contributed by atoms with Crippen molar-refractivity contribution in [3.05, 3.63) is 46.7 Å². The van der Waals surface area contributed by atoms with Gasteiger partial charge >= 0.3 is 0 Å². The molecule has 1 aromatic carbocycles. The second kappa shape index (κ2) is 10.6. The highest BCUT2D eigenvalue weighted by Crippen LogP contribution is 2.20. The van der Waals surface area contributed by atoms with Crippen LogP contribution in [0.1, 0.15) is 36.8 Å². The number of anilines is 1. The maximum atomic E-state index is 13.0. The SMILES string of the molecule is CCOc1ccc(CN2CCN(C(=O)c3nc(N(CC)CC)ncc3Cl)CC2)cc1. The van der Waals surface area contributed by atoms with Crippen molar-refractivity contribution in [1.82, 2.24) is 19.8 Å². The minimum atomic E-state index is -0.128. The molecule has 0 aliphatic carbocycles. The number of hydrogen-bond acceptors (Lipinski definition) is 6. The third-order valence-electron chi connectivity index (χ3n) is 5.28. The number of hydrogen-bond donors (Lipinski definition) is 0. The van der Waals surface area contributed by atoms with E-state index in [0.717, 1.165) is 38.5 Å². The molecule has 0 radical (unpaired) electrons. The quantitative estimate of drug-likeness (QED) is 0.638. The zero-order valence-corrected chi connectivity index (χ0v) is 18.7. The second-order valence-electron chi connectivity index (χ2n) is 7.18. The van der Waals surface area contributed by atoms with E-state index in [-0.39, 0.29) is 11.6 Å². The normalized spacial score (nSPS) is 14.6. The summed E-state index contributed by atoms with van der Waals surface area (Å²) in [5.41, 5.74) is 1.52. The van der Waals surface area contributed by atoms with Crippen LogP contribution in [0.15, 0.2) is 30.5 Å². The van der Waals surface area contributed by atoms with Crippen LogP contribution in [-0.4, -0.2) is 71.6 Å². The molecule has 0 saturated carbocycles. The molecular weight excluding hydrogens is 402 g/mol. The maximum absolute atomic E-state index is 13.0. The first-order chi connectivity index (χ1) is 14.5. The predicted octanol–water partition coefficient (Wildman–Crippen LogP) is 3.33. The Labute approximate surface area is 183 Å². The van der Waals surface area contributed by atoms with Crippen molar-refractivity contribution < 1.29 is 9.53 Å². The lowest BCUT2D eigenvalue weighted by atomic mass is 10.2. The average Bonchev–Trinajstić information content (AvgIpc) is 2.77. The number of carbonyl (C=O) groups is 1. The number of piperazine rings is 1. The van der Waals surface area contributed by atoms with Crippen molar-refractivity contribution in [2.24, 2.45) is 0 Å². The number of carbonyl (C=O) groups excluding carboxylic acids is 1. The Hall–Kier alpha value is -2.38. The van der Waals surface area contributed by atoms with Gasteiger partial charge < -0.3 is 14.5 Å². The molecule has 0 unspecified atom stereocenters. The standard InChI is InChI=1S/C22H30ClN5O2/c1-4-27(5-2)22-24-15-19(23)20(25-22)21(29)28-13-11-26(12-14-28)16-17-7-9-18(10-8-17)30-6-3/h7-10,15H,4-6,11-14,16H2,1-3H3. The summed E-state index contributed by atoms with van der Waals surface area (Å²) in [7, 11) is 0. The third kappa shape index (κ3) is 5.40. The molecule has 3 rings (SSSR count). The fourth-order valence-corrected chi connectivity index (χ4v) is 3.71. The largest absolute Gasteiger partial charge is 0.494 e. The predicted molar refractivity (Wildman–Crippen MR) is 119 cm³/mol. The van der Waals surface area contributed by atoms with E-state index < -0.39 is 0 Å². The topological polar surface area (TPSA) is 61.8 Å². The number of nitrogens with zero attached hydrogens (tertiary/aromatic N) is 5. The molecule has 1 fully saturated rings. The van der Waals surface area contributed by atoms with Gasteiger partial charge in [0.25, 0.3) is 5.91 Å². The first-order valence-corrected chi connectivity index (χ1v) is 10.9. The first-order valence-electron chi connectivity index (χ1n) is 10.6. The Kier molecular flexibility index (Phi) is 7.87. The highest BCUT2D eigenvalue weighted by Gasteiger charge is 2.25. The summed E-state index contributed by atoms with van der Waals surface area (Å²) < 4.78 is 5.50. The van der Waals surface area contributed by atoms with Crippen LogP contribution in [-0.2, 0) is 6.54 Å². The van der Waals surface area contributed by atoms with Crippen LogP contribution in [0.3, 0.4) is 0 Å². The molecule has 0 bridgehead atoms. The summed E-state index contributed by atoms with van der Waals surface area (Å²) in [5.74, 6) is 1.31. The Morgan fingerprint density at radius 3 is 2.37 bits per heavy atom. The van der Waals surface area contributed by atoms with Crippen molar-refractivity contribution in [2.75, 3.05) is 50.8 Å². The molecule has 1 aromatic heterocycles. The summed E-state index contributed by atoms with van der Waals surface area (Å²) in [6.07, 6.45) is 1.53. The molecular formula is C22H30ClN5O2. The second-order valence-corrected chi connectivity index (χ2v) is 7.59. The van der Waals surface area contributed by atoms with Crippen LogP contribution in [0.25, 0.3) is 0 Å². The van der Waals surface area contributed by atoms with Gasteiger partial charge in [0.05, 0.1) is 17.8 Å². The molecule has 8 heteroatoms. The van der Waals surface area contributed by atoms with Crippen LogP contribution >= 0.6 is 11.6 Å². The van der Waals surface area contributed by atoms with E-state index in [4.69, 9.17) is 16.3 Å². The highest BCUT2D eigenvalue weighted by atomic mass is 35.5.